The van der Waals surface area contributed by atoms with Gasteiger partial charge in [0, 0.05) is 6.42 Å². The summed E-state index contributed by atoms with van der Waals surface area (Å²) in [4.78, 5) is 27.5. The fourth-order valence-corrected chi connectivity index (χ4v) is 8.93. The van der Waals surface area contributed by atoms with Gasteiger partial charge in [0.15, 0.2) is 37.4 Å². The van der Waals surface area contributed by atoms with Gasteiger partial charge in [0.25, 0.3) is 0 Å². The molecular weight excluding hydrogens is 860 g/mol. The fraction of sp³-hybridized carbons (Fsp3) is 0.956. The SMILES string of the molecule is CCCCCC1CCCCCCCCCC(=O)O[C@@H]2[C@@H](O[C@@H]3O[C@H](C)[C@@H](O)[C@H](O)[C@H]3O)[C@H](C)O[C@@H](O[C@H]3[C@H](O[C@H]4[C@H](O1)O[C@H](C)[C@@H](O)[C@@H]4O)O[C@H](CO)[C@@H](O)[C@@H]3O)[C@@H]2OC(=O)[C@@H](C)CC. The van der Waals surface area contributed by atoms with Gasteiger partial charge in [-0.1, -0.05) is 78.6 Å². The normalized spacial score (nSPS) is 44.8. The number of rotatable bonds is 10. The van der Waals surface area contributed by atoms with Crippen LogP contribution in [-0.4, -0.2) is 188 Å². The Labute approximate surface area is 382 Å². The van der Waals surface area contributed by atoms with Crippen LogP contribution in [0.4, 0.5) is 0 Å². The fourth-order valence-electron chi connectivity index (χ4n) is 8.93. The third-order valence-electron chi connectivity index (χ3n) is 13.4. The largest absolute Gasteiger partial charge is 0.455 e. The highest BCUT2D eigenvalue weighted by atomic mass is 16.8. The molecule has 378 valence electrons. The van der Waals surface area contributed by atoms with Crippen molar-refractivity contribution in [3.8, 4) is 0 Å². The second-order valence-corrected chi connectivity index (χ2v) is 18.5. The van der Waals surface area contributed by atoms with E-state index in [0.717, 1.165) is 57.8 Å². The maximum atomic E-state index is 13.8. The van der Waals surface area contributed by atoms with Crippen LogP contribution >= 0.6 is 0 Å². The minimum absolute atomic E-state index is 0.0193. The summed E-state index contributed by atoms with van der Waals surface area (Å²) in [6.45, 7) is 9.26. The molecule has 0 aromatic rings. The first-order chi connectivity index (χ1) is 31.0. The molecule has 22 atom stereocenters. The monoisotopic (exact) mass is 939 g/mol. The molecule has 5 fully saturated rings. The molecule has 0 amide bonds. The third-order valence-corrected chi connectivity index (χ3v) is 13.4. The van der Waals surface area contributed by atoms with E-state index in [1.54, 1.807) is 20.8 Å². The number of unbranched alkanes of at least 4 members (excludes halogenated alkanes) is 2. The standard InChI is InChI=1S/C45H78O20/c1-7-9-15-18-26-19-16-13-11-10-12-14-17-20-28(47)61-39-36(63-42-35(54)32(51)29(48)23(4)56-42)25(6)58-45(40(39)62-41(55)22(3)8-2)65-38-34(53)31(50)27(21-46)60-44(38)64-37-33(52)30(49)24(5)57-43(37)59-26/h22-27,29-40,42-46,48-54H,7-21H2,1-6H3/t22-,23+,24+,25-,26?,27+,29+,30+,31+,32-,33-,34-,35+,36-,37+,38+,39+,40+,42-,43-,44-,45-/m0/s1. The summed E-state index contributed by atoms with van der Waals surface area (Å²) in [5.74, 6) is -2.12. The van der Waals surface area contributed by atoms with Gasteiger partial charge in [-0.05, 0) is 46.5 Å². The number of aliphatic hydroxyl groups excluding tert-OH is 8. The van der Waals surface area contributed by atoms with Crippen LogP contribution in [0.5, 0.6) is 0 Å². The summed E-state index contributed by atoms with van der Waals surface area (Å²) < 4.78 is 62.1. The average Bonchev–Trinajstić information content (AvgIpc) is 3.28. The van der Waals surface area contributed by atoms with E-state index in [2.05, 4.69) is 6.92 Å². The molecule has 20 heteroatoms. The van der Waals surface area contributed by atoms with E-state index in [0.29, 0.717) is 25.7 Å². The number of hydrogen-bond acceptors (Lipinski definition) is 20. The lowest BCUT2D eigenvalue weighted by Gasteiger charge is -2.50. The highest BCUT2D eigenvalue weighted by Gasteiger charge is 2.57. The van der Waals surface area contributed by atoms with E-state index < -0.39 is 147 Å². The van der Waals surface area contributed by atoms with Gasteiger partial charge in [-0.2, -0.15) is 0 Å². The first-order valence-electron chi connectivity index (χ1n) is 24.0. The van der Waals surface area contributed by atoms with Gasteiger partial charge < -0.3 is 88.2 Å². The van der Waals surface area contributed by atoms with Crippen molar-refractivity contribution in [3.05, 3.63) is 0 Å². The molecule has 65 heavy (non-hydrogen) atoms. The van der Waals surface area contributed by atoms with E-state index in [-0.39, 0.29) is 12.5 Å². The van der Waals surface area contributed by atoms with E-state index in [1.807, 2.05) is 0 Å². The van der Waals surface area contributed by atoms with Crippen molar-refractivity contribution in [3.63, 3.8) is 0 Å². The van der Waals surface area contributed by atoms with Crippen LogP contribution in [0.3, 0.4) is 0 Å². The molecular formula is C45H78O20. The number of fused-ring (bicyclic) bond motifs is 4. The highest BCUT2D eigenvalue weighted by molar-refractivity contribution is 5.72. The minimum Gasteiger partial charge on any atom is -0.455 e. The average molecular weight is 939 g/mol. The zero-order chi connectivity index (χ0) is 47.5. The smallest absolute Gasteiger partial charge is 0.309 e. The maximum Gasteiger partial charge on any atom is 0.309 e. The first-order valence-corrected chi connectivity index (χ1v) is 24.0. The highest BCUT2D eigenvalue weighted by Crippen LogP contribution is 2.38. The summed E-state index contributed by atoms with van der Waals surface area (Å²) in [6, 6.07) is 0. The molecule has 5 heterocycles. The van der Waals surface area contributed by atoms with Gasteiger partial charge in [-0.3, -0.25) is 9.59 Å². The van der Waals surface area contributed by atoms with Gasteiger partial charge in [0.1, 0.15) is 67.1 Å². The van der Waals surface area contributed by atoms with E-state index >= 15 is 0 Å². The summed E-state index contributed by atoms with van der Waals surface area (Å²) in [7, 11) is 0. The van der Waals surface area contributed by atoms with Crippen LogP contribution < -0.4 is 0 Å². The maximum absolute atomic E-state index is 13.8. The Hall–Kier alpha value is -1.70. The molecule has 0 radical (unpaired) electrons. The van der Waals surface area contributed by atoms with Crippen LogP contribution in [0.1, 0.15) is 131 Å². The van der Waals surface area contributed by atoms with Gasteiger partial charge >= 0.3 is 11.9 Å². The minimum atomic E-state index is -1.90. The van der Waals surface area contributed by atoms with E-state index in [9.17, 15) is 50.4 Å². The van der Waals surface area contributed by atoms with Crippen LogP contribution in [-0.2, 0) is 57.0 Å². The van der Waals surface area contributed by atoms with Crippen molar-refractivity contribution in [2.45, 2.75) is 260 Å². The van der Waals surface area contributed by atoms with Gasteiger partial charge in [0.05, 0.1) is 36.9 Å². The molecule has 5 aliphatic rings. The number of ether oxygens (including phenoxy) is 10. The van der Waals surface area contributed by atoms with Gasteiger partial charge in [-0.15, -0.1) is 0 Å². The van der Waals surface area contributed by atoms with Crippen LogP contribution in [0.15, 0.2) is 0 Å². The molecule has 1 unspecified atom stereocenters. The van der Waals surface area contributed by atoms with Crippen LogP contribution in [0.2, 0.25) is 0 Å². The molecule has 5 saturated heterocycles. The Morgan fingerprint density at radius 2 is 1.22 bits per heavy atom. The summed E-state index contributed by atoms with van der Waals surface area (Å²) in [5, 5.41) is 87.8. The molecule has 0 spiro atoms. The Balaban J connectivity index is 1.56. The number of aliphatic hydroxyl groups is 8. The Bertz CT molecular complexity index is 1430. The summed E-state index contributed by atoms with van der Waals surface area (Å²) >= 11 is 0. The van der Waals surface area contributed by atoms with Gasteiger partial charge in [-0.25, -0.2) is 0 Å². The number of esters is 2. The zero-order valence-corrected chi connectivity index (χ0v) is 38.8. The second kappa shape index (κ2) is 25.8. The van der Waals surface area contributed by atoms with Crippen molar-refractivity contribution in [2.24, 2.45) is 5.92 Å². The molecule has 8 N–H and O–H groups in total. The van der Waals surface area contributed by atoms with E-state index in [1.165, 1.54) is 13.8 Å². The predicted molar refractivity (Wildman–Crippen MR) is 225 cm³/mol. The molecule has 2 bridgehead atoms. The van der Waals surface area contributed by atoms with Crippen molar-refractivity contribution < 1.29 is 97.8 Å². The van der Waals surface area contributed by atoms with Crippen molar-refractivity contribution in [1.82, 2.24) is 0 Å². The molecule has 5 aliphatic heterocycles. The van der Waals surface area contributed by atoms with Crippen molar-refractivity contribution in [1.29, 1.82) is 0 Å². The molecule has 0 aromatic heterocycles. The lowest BCUT2D eigenvalue weighted by atomic mass is 9.95. The molecule has 5 rings (SSSR count). The quantitative estimate of drug-likeness (QED) is 0.112. The Morgan fingerprint density at radius 1 is 0.631 bits per heavy atom. The number of carbonyl (C=O) groups is 2. The van der Waals surface area contributed by atoms with Crippen LogP contribution in [0.25, 0.3) is 0 Å². The van der Waals surface area contributed by atoms with Gasteiger partial charge in [0.2, 0.25) is 0 Å². The molecule has 0 aromatic carbocycles. The number of carbonyl (C=O) groups excluding carboxylic acids is 2. The summed E-state index contributed by atoms with van der Waals surface area (Å²) in [5.41, 5.74) is 0. The topological polar surface area (TPSA) is 288 Å². The second-order valence-electron chi connectivity index (χ2n) is 18.5. The van der Waals surface area contributed by atoms with E-state index in [4.69, 9.17) is 47.4 Å². The lowest BCUT2D eigenvalue weighted by Crippen LogP contribution is -2.68. The van der Waals surface area contributed by atoms with Crippen molar-refractivity contribution >= 4 is 11.9 Å². The first kappa shape index (κ1) is 54.2. The molecule has 20 nitrogen and oxygen atoms in total. The van der Waals surface area contributed by atoms with Crippen LogP contribution in [0, 0.1) is 5.92 Å². The third kappa shape index (κ3) is 14.0. The predicted octanol–water partition coefficient (Wildman–Crippen LogP) is 0.980. The zero-order valence-electron chi connectivity index (χ0n) is 38.8. The Morgan fingerprint density at radius 3 is 1.88 bits per heavy atom. The molecule has 0 saturated carbocycles. The summed E-state index contributed by atoms with van der Waals surface area (Å²) in [6.07, 6.45) is -20.4. The Kier molecular flexibility index (Phi) is 21.5. The number of hydrogen-bond donors (Lipinski definition) is 8. The van der Waals surface area contributed by atoms with Crippen molar-refractivity contribution in [2.75, 3.05) is 6.61 Å². The molecule has 0 aliphatic carbocycles. The lowest BCUT2D eigenvalue weighted by molar-refractivity contribution is -0.399.